The van der Waals surface area contributed by atoms with Crippen LogP contribution < -0.4 is 14.8 Å². The lowest BCUT2D eigenvalue weighted by atomic mass is 10.1. The lowest BCUT2D eigenvalue weighted by molar-refractivity contribution is 0.185. The van der Waals surface area contributed by atoms with Crippen LogP contribution in [0.1, 0.15) is 37.9 Å². The van der Waals surface area contributed by atoms with E-state index in [0.29, 0.717) is 24.0 Å². The van der Waals surface area contributed by atoms with Crippen molar-refractivity contribution in [3.8, 4) is 11.5 Å². The number of aliphatic imine (C=N–C) groups is 1. The molecule has 7 nitrogen and oxygen atoms in total. The van der Waals surface area contributed by atoms with E-state index in [0.717, 1.165) is 31.2 Å². The van der Waals surface area contributed by atoms with E-state index < -0.39 is 6.10 Å². The summed E-state index contributed by atoms with van der Waals surface area (Å²) in [6.45, 7) is 8.94. The summed E-state index contributed by atoms with van der Waals surface area (Å²) in [5.41, 5.74) is 0.745. The number of aliphatic hydroxyl groups is 1. The Balaban J connectivity index is 1.61. The number of benzene rings is 1. The van der Waals surface area contributed by atoms with Gasteiger partial charge in [0.2, 0.25) is 0 Å². The van der Waals surface area contributed by atoms with Gasteiger partial charge in [-0.15, -0.1) is 0 Å². The van der Waals surface area contributed by atoms with Crippen LogP contribution in [0.4, 0.5) is 0 Å². The van der Waals surface area contributed by atoms with Gasteiger partial charge >= 0.3 is 0 Å². The zero-order valence-electron chi connectivity index (χ0n) is 18.1. The van der Waals surface area contributed by atoms with Gasteiger partial charge in [0.05, 0.1) is 26.9 Å². The third kappa shape index (κ3) is 6.00. The minimum Gasteiger partial charge on any atom is -0.497 e. The van der Waals surface area contributed by atoms with Gasteiger partial charge in [0.1, 0.15) is 11.5 Å². The molecule has 2 fully saturated rings. The molecule has 1 aromatic rings. The standard InChI is InChI=1S/C22H36N4O3/c1-4-23-22(26-10-7-17(16-26)15-25-8-5-6-9-25)24-14-21(27)18-11-19(28-2)13-20(12-18)29-3/h11-13,17,21,27H,4-10,14-16H2,1-3H3,(H,23,24). The minimum atomic E-state index is -0.712. The molecule has 29 heavy (non-hydrogen) atoms. The Kier molecular flexibility index (Phi) is 8.00. The zero-order chi connectivity index (χ0) is 20.6. The Morgan fingerprint density at radius 3 is 2.48 bits per heavy atom. The molecule has 2 heterocycles. The first-order valence-corrected chi connectivity index (χ1v) is 10.8. The van der Waals surface area contributed by atoms with Gasteiger partial charge < -0.3 is 29.7 Å². The second-order valence-electron chi connectivity index (χ2n) is 7.96. The SMILES string of the molecule is CCNC(=NCC(O)c1cc(OC)cc(OC)c1)N1CCC(CN2CCCC2)C1. The summed E-state index contributed by atoms with van der Waals surface area (Å²) in [6, 6.07) is 5.46. The molecule has 0 amide bonds. The van der Waals surface area contributed by atoms with Crippen LogP contribution in [0.5, 0.6) is 11.5 Å². The molecule has 0 aromatic heterocycles. The van der Waals surface area contributed by atoms with Crippen molar-refractivity contribution in [2.45, 2.75) is 32.3 Å². The summed E-state index contributed by atoms with van der Waals surface area (Å²) < 4.78 is 10.6. The molecular formula is C22H36N4O3. The first kappa shape index (κ1) is 21.7. The minimum absolute atomic E-state index is 0.298. The number of hydrogen-bond donors (Lipinski definition) is 2. The van der Waals surface area contributed by atoms with Gasteiger partial charge in [-0.3, -0.25) is 4.99 Å². The van der Waals surface area contributed by atoms with Gasteiger partial charge in [-0.05, 0) is 62.9 Å². The van der Waals surface area contributed by atoms with Gasteiger partial charge in [-0.1, -0.05) is 0 Å². The Labute approximate surface area is 174 Å². The van der Waals surface area contributed by atoms with E-state index in [1.807, 2.05) is 12.1 Å². The highest BCUT2D eigenvalue weighted by Gasteiger charge is 2.27. The highest BCUT2D eigenvalue weighted by molar-refractivity contribution is 5.80. The van der Waals surface area contributed by atoms with Crippen LogP contribution in [-0.4, -0.2) is 80.9 Å². The predicted octanol–water partition coefficient (Wildman–Crippen LogP) is 2.12. The topological polar surface area (TPSA) is 69.6 Å². The molecule has 3 rings (SSSR count). The summed E-state index contributed by atoms with van der Waals surface area (Å²) in [5, 5.41) is 14.1. The fourth-order valence-electron chi connectivity index (χ4n) is 4.23. The monoisotopic (exact) mass is 404 g/mol. The molecular weight excluding hydrogens is 368 g/mol. The van der Waals surface area contributed by atoms with E-state index in [1.165, 1.54) is 38.9 Å². The van der Waals surface area contributed by atoms with Crippen molar-refractivity contribution in [3.63, 3.8) is 0 Å². The third-order valence-electron chi connectivity index (χ3n) is 5.81. The van der Waals surface area contributed by atoms with E-state index >= 15 is 0 Å². The average molecular weight is 405 g/mol. The molecule has 1 aromatic carbocycles. The summed E-state index contributed by atoms with van der Waals surface area (Å²) >= 11 is 0. The highest BCUT2D eigenvalue weighted by atomic mass is 16.5. The second kappa shape index (κ2) is 10.7. The number of hydrogen-bond acceptors (Lipinski definition) is 5. The number of likely N-dealkylation sites (tertiary alicyclic amines) is 2. The largest absolute Gasteiger partial charge is 0.497 e. The third-order valence-corrected chi connectivity index (χ3v) is 5.81. The number of methoxy groups -OCH3 is 2. The maximum Gasteiger partial charge on any atom is 0.194 e. The van der Waals surface area contributed by atoms with Gasteiger partial charge in [0.15, 0.2) is 5.96 Å². The van der Waals surface area contributed by atoms with E-state index in [1.54, 1.807) is 20.3 Å². The molecule has 0 spiro atoms. The van der Waals surface area contributed by atoms with Gasteiger partial charge in [-0.25, -0.2) is 0 Å². The fourth-order valence-corrected chi connectivity index (χ4v) is 4.23. The maximum atomic E-state index is 10.7. The first-order chi connectivity index (χ1) is 14.1. The van der Waals surface area contributed by atoms with Crippen LogP contribution in [0.25, 0.3) is 0 Å². The first-order valence-electron chi connectivity index (χ1n) is 10.8. The molecule has 0 aliphatic carbocycles. The molecule has 0 bridgehead atoms. The van der Waals surface area contributed by atoms with Crippen molar-refractivity contribution in [1.29, 1.82) is 0 Å². The smallest absolute Gasteiger partial charge is 0.194 e. The molecule has 0 radical (unpaired) electrons. The summed E-state index contributed by atoms with van der Waals surface area (Å²) in [6.07, 6.45) is 3.17. The second-order valence-corrected chi connectivity index (χ2v) is 7.96. The number of guanidine groups is 1. The maximum absolute atomic E-state index is 10.7. The van der Waals surface area contributed by atoms with Crippen LogP contribution in [0.2, 0.25) is 0 Å². The summed E-state index contributed by atoms with van der Waals surface area (Å²) in [5.74, 6) is 2.92. The lowest BCUT2D eigenvalue weighted by Gasteiger charge is -2.24. The van der Waals surface area contributed by atoms with Crippen LogP contribution in [-0.2, 0) is 0 Å². The molecule has 2 saturated heterocycles. The number of aliphatic hydroxyl groups excluding tert-OH is 1. The van der Waals surface area contributed by atoms with Crippen molar-refractivity contribution < 1.29 is 14.6 Å². The normalized spacial score (nSPS) is 21.4. The molecule has 7 heteroatoms. The fraction of sp³-hybridized carbons (Fsp3) is 0.682. The van der Waals surface area contributed by atoms with Crippen molar-refractivity contribution >= 4 is 5.96 Å². The lowest BCUT2D eigenvalue weighted by Crippen LogP contribution is -2.41. The highest BCUT2D eigenvalue weighted by Crippen LogP contribution is 2.27. The number of ether oxygens (including phenoxy) is 2. The number of nitrogens with one attached hydrogen (secondary N) is 1. The number of rotatable bonds is 8. The van der Waals surface area contributed by atoms with Crippen LogP contribution in [0.3, 0.4) is 0 Å². The molecule has 162 valence electrons. The van der Waals surface area contributed by atoms with Crippen molar-refractivity contribution in [2.24, 2.45) is 10.9 Å². The predicted molar refractivity (Wildman–Crippen MR) is 116 cm³/mol. The van der Waals surface area contributed by atoms with Gasteiger partial charge in [-0.2, -0.15) is 0 Å². The Hall–Kier alpha value is -1.99. The van der Waals surface area contributed by atoms with Crippen molar-refractivity contribution in [1.82, 2.24) is 15.1 Å². The van der Waals surface area contributed by atoms with Gasteiger partial charge in [0, 0.05) is 32.2 Å². The van der Waals surface area contributed by atoms with E-state index in [-0.39, 0.29) is 0 Å². The zero-order valence-corrected chi connectivity index (χ0v) is 18.1. The Bertz CT molecular complexity index is 654. The Morgan fingerprint density at radius 1 is 1.17 bits per heavy atom. The van der Waals surface area contributed by atoms with Crippen molar-refractivity contribution in [2.75, 3.05) is 60.0 Å². The Morgan fingerprint density at radius 2 is 1.86 bits per heavy atom. The quantitative estimate of drug-likeness (QED) is 0.511. The molecule has 2 aliphatic rings. The number of nitrogens with zero attached hydrogens (tertiary/aromatic N) is 3. The van der Waals surface area contributed by atoms with E-state index in [4.69, 9.17) is 14.5 Å². The van der Waals surface area contributed by atoms with E-state index in [9.17, 15) is 5.11 Å². The van der Waals surface area contributed by atoms with E-state index in [2.05, 4.69) is 22.0 Å². The van der Waals surface area contributed by atoms with Crippen LogP contribution in [0, 0.1) is 5.92 Å². The summed E-state index contributed by atoms with van der Waals surface area (Å²) in [7, 11) is 3.22. The molecule has 0 saturated carbocycles. The summed E-state index contributed by atoms with van der Waals surface area (Å²) in [4.78, 5) is 9.67. The van der Waals surface area contributed by atoms with Gasteiger partial charge in [0.25, 0.3) is 0 Å². The molecule has 2 N–H and O–H groups in total. The van der Waals surface area contributed by atoms with Crippen LogP contribution >= 0.6 is 0 Å². The molecule has 2 atom stereocenters. The average Bonchev–Trinajstić information content (AvgIpc) is 3.43. The van der Waals surface area contributed by atoms with Crippen molar-refractivity contribution in [3.05, 3.63) is 23.8 Å². The molecule has 2 unspecified atom stereocenters. The molecule has 2 aliphatic heterocycles. The van der Waals surface area contributed by atoms with Crippen LogP contribution in [0.15, 0.2) is 23.2 Å².